The lowest BCUT2D eigenvalue weighted by Crippen LogP contribution is -2.04. The summed E-state index contributed by atoms with van der Waals surface area (Å²) in [5, 5.41) is 15.5. The molecule has 4 aromatic carbocycles. The first kappa shape index (κ1) is 47.6. The molecule has 0 saturated heterocycles. The molecule has 0 spiro atoms. The number of aromatic nitrogens is 2. The molecule has 0 N–H and O–H groups in total. The van der Waals surface area contributed by atoms with E-state index in [9.17, 15) is 10.1 Å². The van der Waals surface area contributed by atoms with E-state index in [4.69, 9.17) is 28.9 Å². The molecule has 0 bridgehead atoms. The fourth-order valence-electron chi connectivity index (χ4n) is 8.20. The van der Waals surface area contributed by atoms with E-state index in [0.29, 0.717) is 60.0 Å². The van der Waals surface area contributed by atoms with Crippen LogP contribution in [0.25, 0.3) is 43.6 Å². The van der Waals surface area contributed by atoms with Crippen LogP contribution in [0.2, 0.25) is 0 Å². The fourth-order valence-corrected chi connectivity index (χ4v) is 8.20. The lowest BCUT2D eigenvalue weighted by atomic mass is 9.97. The Kier molecular flexibility index (Phi) is 21.0. The minimum absolute atomic E-state index is 0.0166. The quantitative estimate of drug-likeness (QED) is 0.0135. The molecule has 5 rings (SSSR count). The molecule has 5 aromatic rings. The van der Waals surface area contributed by atoms with Gasteiger partial charge >= 0.3 is 0 Å². The Bertz CT molecular complexity index is 2080. The van der Waals surface area contributed by atoms with Crippen LogP contribution in [0.1, 0.15) is 182 Å². The predicted molar refractivity (Wildman–Crippen MR) is 254 cm³/mol. The topological polar surface area (TPSA) is 106 Å². The van der Waals surface area contributed by atoms with Crippen LogP contribution in [0.15, 0.2) is 42.5 Å². The number of unbranched alkanes of at least 4 members (excludes halogenated alkanes) is 20. The van der Waals surface area contributed by atoms with Crippen molar-refractivity contribution < 1.29 is 23.9 Å². The van der Waals surface area contributed by atoms with Gasteiger partial charge in [-0.25, -0.2) is 9.97 Å². The van der Waals surface area contributed by atoms with Gasteiger partial charge in [0.25, 0.3) is 5.69 Å². The van der Waals surface area contributed by atoms with Crippen molar-refractivity contribution in [2.45, 2.75) is 182 Å². The third kappa shape index (κ3) is 14.6. The van der Waals surface area contributed by atoms with Gasteiger partial charge < -0.3 is 18.9 Å². The lowest BCUT2D eigenvalue weighted by Gasteiger charge is -2.19. The number of nitro groups is 1. The van der Waals surface area contributed by atoms with Gasteiger partial charge in [0.2, 0.25) is 0 Å². The first-order valence-electron chi connectivity index (χ1n) is 24.3. The summed E-state index contributed by atoms with van der Waals surface area (Å²) in [5.41, 5.74) is 2.41. The second kappa shape index (κ2) is 26.8. The summed E-state index contributed by atoms with van der Waals surface area (Å²) in [5.74, 6) is 2.84. The van der Waals surface area contributed by atoms with Crippen molar-refractivity contribution in [3.63, 3.8) is 0 Å². The van der Waals surface area contributed by atoms with E-state index in [1.165, 1.54) is 115 Å². The van der Waals surface area contributed by atoms with Crippen molar-refractivity contribution in [2.75, 3.05) is 26.4 Å². The Morgan fingerprint density at radius 2 is 0.721 bits per heavy atom. The van der Waals surface area contributed by atoms with Gasteiger partial charge in [0.15, 0.2) is 23.0 Å². The molecule has 0 unspecified atom stereocenters. The minimum atomic E-state index is -0.383. The van der Waals surface area contributed by atoms with Gasteiger partial charge in [-0.2, -0.15) is 0 Å². The smallest absolute Gasteiger partial charge is 0.271 e. The molecule has 0 radical (unpaired) electrons. The standard InChI is InChI=1S/C52H75N3O6/c1-5-9-13-17-21-25-31-58-47-36-41-42-37-48(59-32-26-22-18-14-10-6-2)50(61-34-28-24-20-16-12-8-4)39-44(42)52-51(53-45-30-29-40(55(56)57)35-46(45)54-52)43(41)38-49(47)60-33-27-23-19-15-11-7-3/h29-30,35-39H,5-28,31-34H2,1-4H3. The Hall–Kier alpha value is -4.40. The van der Waals surface area contributed by atoms with Gasteiger partial charge in [0, 0.05) is 22.9 Å². The van der Waals surface area contributed by atoms with Gasteiger partial charge in [-0.1, -0.05) is 156 Å². The van der Waals surface area contributed by atoms with Crippen LogP contribution < -0.4 is 18.9 Å². The van der Waals surface area contributed by atoms with Crippen LogP contribution >= 0.6 is 0 Å². The first-order chi connectivity index (χ1) is 30.0. The van der Waals surface area contributed by atoms with Gasteiger partial charge in [-0.3, -0.25) is 10.1 Å². The zero-order valence-electron chi connectivity index (χ0n) is 38.1. The van der Waals surface area contributed by atoms with Crippen molar-refractivity contribution in [3.05, 3.63) is 52.6 Å². The van der Waals surface area contributed by atoms with E-state index in [1.807, 2.05) is 0 Å². The normalized spacial score (nSPS) is 11.6. The fraction of sp³-hybridized carbons (Fsp3) is 0.615. The highest BCUT2D eigenvalue weighted by molar-refractivity contribution is 6.25. The molecule has 334 valence electrons. The second-order valence-electron chi connectivity index (χ2n) is 17.0. The molecule has 0 aliphatic carbocycles. The molecular weight excluding hydrogens is 763 g/mol. The SMILES string of the molecule is CCCCCCCCOc1cc2c3cc(OCCCCCCCC)c(OCCCCCCCC)cc3c3nc4cc([N+](=O)[O-])ccc4nc3c2cc1OCCCCCCCC. The highest BCUT2D eigenvalue weighted by Crippen LogP contribution is 2.44. The molecule has 0 aliphatic heterocycles. The molecule has 9 nitrogen and oxygen atoms in total. The number of nitro benzene ring substituents is 1. The second-order valence-corrected chi connectivity index (χ2v) is 17.0. The average molecular weight is 838 g/mol. The average Bonchev–Trinajstić information content (AvgIpc) is 3.27. The molecule has 61 heavy (non-hydrogen) atoms. The molecule has 1 aromatic heterocycles. The van der Waals surface area contributed by atoms with Crippen molar-refractivity contribution >= 4 is 49.3 Å². The molecule has 1 heterocycles. The zero-order valence-corrected chi connectivity index (χ0v) is 38.1. The Balaban J connectivity index is 1.61. The number of nitrogens with zero attached hydrogens (tertiary/aromatic N) is 3. The van der Waals surface area contributed by atoms with Crippen molar-refractivity contribution in [1.29, 1.82) is 0 Å². The highest BCUT2D eigenvalue weighted by atomic mass is 16.6. The van der Waals surface area contributed by atoms with E-state index in [1.54, 1.807) is 6.07 Å². The molecule has 0 amide bonds. The van der Waals surface area contributed by atoms with E-state index >= 15 is 0 Å². The zero-order chi connectivity index (χ0) is 43.1. The number of hydrogen-bond donors (Lipinski definition) is 0. The van der Waals surface area contributed by atoms with E-state index in [2.05, 4.69) is 52.0 Å². The van der Waals surface area contributed by atoms with E-state index < -0.39 is 0 Å². The van der Waals surface area contributed by atoms with Crippen LogP contribution in [0.5, 0.6) is 23.0 Å². The number of non-ortho nitro benzene ring substituents is 1. The summed E-state index contributed by atoms with van der Waals surface area (Å²) in [7, 11) is 0. The van der Waals surface area contributed by atoms with E-state index in [0.717, 1.165) is 84.4 Å². The van der Waals surface area contributed by atoms with Crippen molar-refractivity contribution in [2.24, 2.45) is 0 Å². The molecule has 0 aliphatic rings. The predicted octanol–water partition coefficient (Wildman–Crippen LogP) is 16.0. The first-order valence-corrected chi connectivity index (χ1v) is 24.3. The Morgan fingerprint density at radius 3 is 1.07 bits per heavy atom. The van der Waals surface area contributed by atoms with Gasteiger partial charge in [-0.05, 0) is 66.8 Å². The summed E-state index contributed by atoms with van der Waals surface area (Å²) in [6, 6.07) is 13.1. The summed E-state index contributed by atoms with van der Waals surface area (Å²) in [4.78, 5) is 21.8. The maximum atomic E-state index is 11.8. The third-order valence-corrected chi connectivity index (χ3v) is 11.8. The lowest BCUT2D eigenvalue weighted by molar-refractivity contribution is -0.384. The van der Waals surface area contributed by atoms with Gasteiger partial charge in [-0.15, -0.1) is 0 Å². The molecule has 0 fully saturated rings. The maximum Gasteiger partial charge on any atom is 0.271 e. The van der Waals surface area contributed by atoms with Crippen LogP contribution in [0.4, 0.5) is 5.69 Å². The Labute approximate surface area is 365 Å². The van der Waals surface area contributed by atoms with Crippen LogP contribution in [-0.2, 0) is 0 Å². The number of hydrogen-bond acceptors (Lipinski definition) is 8. The highest BCUT2D eigenvalue weighted by Gasteiger charge is 2.21. The summed E-state index contributed by atoms with van der Waals surface area (Å²) in [6.45, 7) is 11.4. The van der Waals surface area contributed by atoms with Gasteiger partial charge in [0.1, 0.15) is 0 Å². The van der Waals surface area contributed by atoms with Crippen LogP contribution in [0.3, 0.4) is 0 Å². The van der Waals surface area contributed by atoms with Gasteiger partial charge in [0.05, 0.1) is 53.4 Å². The van der Waals surface area contributed by atoms with Crippen molar-refractivity contribution in [3.8, 4) is 23.0 Å². The van der Waals surface area contributed by atoms with Crippen LogP contribution in [-0.4, -0.2) is 41.3 Å². The minimum Gasteiger partial charge on any atom is -0.490 e. The summed E-state index contributed by atoms with van der Waals surface area (Å²) < 4.78 is 26.4. The molecule has 9 heteroatoms. The number of ether oxygens (including phenoxy) is 4. The molecular formula is C52H75N3O6. The monoisotopic (exact) mass is 838 g/mol. The summed E-state index contributed by atoms with van der Waals surface area (Å²) >= 11 is 0. The number of fused-ring (bicyclic) bond motifs is 7. The molecule has 0 saturated carbocycles. The number of benzene rings is 4. The summed E-state index contributed by atoms with van der Waals surface area (Å²) in [6.07, 6.45) is 28.3. The van der Waals surface area contributed by atoms with E-state index in [-0.39, 0.29) is 10.6 Å². The third-order valence-electron chi connectivity index (χ3n) is 11.8. The van der Waals surface area contributed by atoms with Crippen LogP contribution in [0, 0.1) is 10.1 Å². The largest absolute Gasteiger partial charge is 0.490 e. The molecule has 0 atom stereocenters. The number of rotatable bonds is 33. The maximum absolute atomic E-state index is 11.8. The van der Waals surface area contributed by atoms with Crippen molar-refractivity contribution in [1.82, 2.24) is 9.97 Å². The Morgan fingerprint density at radius 1 is 0.410 bits per heavy atom.